The molecule has 0 saturated heterocycles. The number of pyridine rings is 1. The molecule has 8 nitrogen and oxygen atoms in total. The summed E-state index contributed by atoms with van der Waals surface area (Å²) in [6, 6.07) is 10.7. The van der Waals surface area contributed by atoms with E-state index in [-0.39, 0.29) is 11.7 Å². The van der Waals surface area contributed by atoms with Crippen molar-refractivity contribution in [2.24, 2.45) is 0 Å². The van der Waals surface area contributed by atoms with Crippen LogP contribution in [-0.4, -0.2) is 34.2 Å². The van der Waals surface area contributed by atoms with Crippen LogP contribution in [0.4, 0.5) is 17.5 Å². The minimum Gasteiger partial charge on any atom is -0.444 e. The van der Waals surface area contributed by atoms with Crippen molar-refractivity contribution in [1.29, 1.82) is 0 Å². The molecule has 3 aromatic heterocycles. The molecule has 0 radical (unpaired) electrons. The minimum absolute atomic E-state index is 0.261. The van der Waals surface area contributed by atoms with E-state index in [1.807, 2.05) is 19.1 Å². The van der Waals surface area contributed by atoms with Crippen LogP contribution in [0, 0.1) is 6.92 Å². The number of amides is 1. The first-order valence-corrected chi connectivity index (χ1v) is 8.70. The molecule has 0 aliphatic rings. The number of carbonyl (C=O) groups excluding carboxylic acids is 1. The lowest BCUT2D eigenvalue weighted by molar-refractivity contribution is 0.0926. The van der Waals surface area contributed by atoms with E-state index in [9.17, 15) is 4.79 Å². The van der Waals surface area contributed by atoms with Gasteiger partial charge in [-0.05, 0) is 58.7 Å². The van der Waals surface area contributed by atoms with Crippen molar-refractivity contribution in [3.05, 3.63) is 58.6 Å². The Morgan fingerprint density at radius 2 is 1.81 bits per heavy atom. The van der Waals surface area contributed by atoms with Crippen LogP contribution in [0.1, 0.15) is 16.1 Å². The number of halogens is 1. The Hall–Kier alpha value is -2.94. The summed E-state index contributed by atoms with van der Waals surface area (Å²) in [5.41, 5.74) is 1.09. The van der Waals surface area contributed by atoms with Gasteiger partial charge >= 0.3 is 0 Å². The summed E-state index contributed by atoms with van der Waals surface area (Å²) in [5.74, 6) is 1.91. The zero-order valence-electron chi connectivity index (χ0n) is 14.0. The molecule has 0 unspecified atom stereocenters. The lowest BCUT2D eigenvalue weighted by Gasteiger charge is -2.07. The van der Waals surface area contributed by atoms with Gasteiger partial charge in [-0.15, -0.1) is 10.2 Å². The fourth-order valence-corrected chi connectivity index (χ4v) is 2.36. The molecule has 9 heteroatoms. The highest BCUT2D eigenvalue weighted by molar-refractivity contribution is 9.10. The zero-order valence-corrected chi connectivity index (χ0v) is 15.6. The quantitative estimate of drug-likeness (QED) is 0.508. The van der Waals surface area contributed by atoms with E-state index < -0.39 is 0 Å². The Morgan fingerprint density at radius 1 is 1.04 bits per heavy atom. The van der Waals surface area contributed by atoms with Crippen molar-refractivity contribution < 1.29 is 9.21 Å². The van der Waals surface area contributed by atoms with E-state index in [0.717, 1.165) is 5.56 Å². The van der Waals surface area contributed by atoms with Crippen molar-refractivity contribution in [1.82, 2.24) is 20.5 Å². The van der Waals surface area contributed by atoms with Crippen LogP contribution in [0.15, 0.2) is 51.7 Å². The van der Waals surface area contributed by atoms with Crippen LogP contribution in [0.3, 0.4) is 0 Å². The Balaban J connectivity index is 1.42. The molecular weight excluding hydrogens is 400 g/mol. The molecule has 0 aliphatic heterocycles. The number of hydrogen-bond acceptors (Lipinski definition) is 7. The lowest BCUT2D eigenvalue weighted by atomic mass is 10.3. The Labute approximate surface area is 158 Å². The van der Waals surface area contributed by atoms with Crippen LogP contribution in [0.25, 0.3) is 0 Å². The van der Waals surface area contributed by atoms with Crippen LogP contribution in [-0.2, 0) is 0 Å². The van der Waals surface area contributed by atoms with E-state index in [0.29, 0.717) is 35.2 Å². The van der Waals surface area contributed by atoms with Crippen LogP contribution in [0.2, 0.25) is 0 Å². The molecule has 0 saturated carbocycles. The van der Waals surface area contributed by atoms with Crippen molar-refractivity contribution in [2.75, 3.05) is 23.7 Å². The molecule has 3 rings (SSSR count). The third-order valence-corrected chi connectivity index (χ3v) is 3.77. The van der Waals surface area contributed by atoms with E-state index >= 15 is 0 Å². The third kappa shape index (κ3) is 5.03. The predicted molar refractivity (Wildman–Crippen MR) is 102 cm³/mol. The normalized spacial score (nSPS) is 10.4. The molecule has 3 N–H and O–H groups in total. The molecule has 0 fully saturated rings. The third-order valence-electron chi connectivity index (χ3n) is 3.35. The van der Waals surface area contributed by atoms with Gasteiger partial charge in [0.05, 0.1) is 0 Å². The second kappa shape index (κ2) is 8.43. The highest BCUT2D eigenvalue weighted by Crippen LogP contribution is 2.14. The van der Waals surface area contributed by atoms with Gasteiger partial charge < -0.3 is 20.4 Å². The van der Waals surface area contributed by atoms with Crippen LogP contribution >= 0.6 is 15.9 Å². The lowest BCUT2D eigenvalue weighted by Crippen LogP contribution is -2.28. The average molecular weight is 417 g/mol. The molecule has 0 aliphatic carbocycles. The fourth-order valence-electron chi connectivity index (χ4n) is 2.06. The van der Waals surface area contributed by atoms with Gasteiger partial charge in [-0.3, -0.25) is 4.79 Å². The number of hydrogen-bond donors (Lipinski definition) is 3. The van der Waals surface area contributed by atoms with E-state index in [1.54, 1.807) is 30.5 Å². The Morgan fingerprint density at radius 3 is 2.46 bits per heavy atom. The summed E-state index contributed by atoms with van der Waals surface area (Å²) in [7, 11) is 0. The number of nitrogens with zero attached hydrogens (tertiary/aromatic N) is 3. The number of carbonyl (C=O) groups is 1. The predicted octanol–water partition coefficient (Wildman–Crippen LogP) is 3.12. The van der Waals surface area contributed by atoms with Crippen LogP contribution in [0.5, 0.6) is 0 Å². The molecule has 0 aromatic carbocycles. The number of aryl methyl sites for hydroxylation is 1. The smallest absolute Gasteiger partial charge is 0.287 e. The molecular formula is C17H17BrN6O2. The van der Waals surface area contributed by atoms with Crippen molar-refractivity contribution >= 4 is 39.3 Å². The Kier molecular flexibility index (Phi) is 5.80. The van der Waals surface area contributed by atoms with Gasteiger partial charge in [-0.25, -0.2) is 4.98 Å². The van der Waals surface area contributed by atoms with Crippen molar-refractivity contribution in [3.8, 4) is 0 Å². The molecule has 1 amide bonds. The van der Waals surface area contributed by atoms with Gasteiger partial charge in [-0.2, -0.15) is 0 Å². The molecule has 26 heavy (non-hydrogen) atoms. The van der Waals surface area contributed by atoms with E-state index in [2.05, 4.69) is 47.1 Å². The summed E-state index contributed by atoms with van der Waals surface area (Å²) in [4.78, 5) is 16.1. The number of nitrogens with one attached hydrogen (secondary N) is 3. The average Bonchev–Trinajstić information content (AvgIpc) is 3.08. The fraction of sp³-hybridized carbons (Fsp3) is 0.176. The molecule has 0 bridgehead atoms. The zero-order chi connectivity index (χ0) is 18.4. The summed E-state index contributed by atoms with van der Waals surface area (Å²) < 4.78 is 5.70. The topological polar surface area (TPSA) is 105 Å². The van der Waals surface area contributed by atoms with Gasteiger partial charge in [0.2, 0.25) is 0 Å². The molecule has 0 atom stereocenters. The van der Waals surface area contributed by atoms with Gasteiger partial charge in [0.1, 0.15) is 11.6 Å². The second-order valence-corrected chi connectivity index (χ2v) is 6.22. The monoisotopic (exact) mass is 416 g/mol. The maximum Gasteiger partial charge on any atom is 0.287 e. The van der Waals surface area contributed by atoms with Crippen LogP contribution < -0.4 is 16.0 Å². The maximum absolute atomic E-state index is 11.8. The summed E-state index contributed by atoms with van der Waals surface area (Å²) in [6.45, 7) is 2.91. The van der Waals surface area contributed by atoms with Gasteiger partial charge in [-0.1, -0.05) is 6.07 Å². The highest BCUT2D eigenvalue weighted by atomic mass is 79.9. The van der Waals surface area contributed by atoms with Gasteiger partial charge in [0.25, 0.3) is 5.91 Å². The van der Waals surface area contributed by atoms with Gasteiger partial charge in [0, 0.05) is 19.3 Å². The summed E-state index contributed by atoms with van der Waals surface area (Å²) in [6.07, 6.45) is 1.78. The number of rotatable bonds is 7. The SMILES string of the molecule is Cc1ccc(Nc2ccc(NCCNC(=O)c3ccc(Br)o3)nn2)nc1. The second-order valence-electron chi connectivity index (χ2n) is 5.44. The molecule has 3 heterocycles. The first-order valence-electron chi connectivity index (χ1n) is 7.91. The van der Waals surface area contributed by atoms with Crippen molar-refractivity contribution in [2.45, 2.75) is 6.92 Å². The van der Waals surface area contributed by atoms with Gasteiger partial charge in [0.15, 0.2) is 16.2 Å². The maximum atomic E-state index is 11.8. The number of aromatic nitrogens is 3. The highest BCUT2D eigenvalue weighted by Gasteiger charge is 2.09. The number of anilines is 3. The summed E-state index contributed by atoms with van der Waals surface area (Å²) in [5, 5.41) is 17.1. The number of furan rings is 1. The standard InChI is InChI=1S/C17H17BrN6O2/c1-11-2-5-14(21-10-11)22-16-7-6-15(23-24-16)19-8-9-20-17(25)12-3-4-13(18)26-12/h2-7,10H,8-9H2,1H3,(H,19,23)(H,20,25)(H,21,22,24). The minimum atomic E-state index is -0.270. The van der Waals surface area contributed by atoms with Crippen molar-refractivity contribution in [3.63, 3.8) is 0 Å². The Bertz CT molecular complexity index is 864. The summed E-state index contributed by atoms with van der Waals surface area (Å²) >= 11 is 3.16. The first kappa shape index (κ1) is 17.9. The molecule has 3 aromatic rings. The van der Waals surface area contributed by atoms with E-state index in [4.69, 9.17) is 4.42 Å². The molecule has 134 valence electrons. The largest absolute Gasteiger partial charge is 0.444 e. The van der Waals surface area contributed by atoms with E-state index in [1.165, 1.54) is 0 Å². The molecule has 0 spiro atoms. The first-order chi connectivity index (χ1) is 12.6.